The third-order valence-corrected chi connectivity index (χ3v) is 6.69. The van der Waals surface area contributed by atoms with Gasteiger partial charge < -0.3 is 15.3 Å². The molecule has 42 heavy (non-hydrogen) atoms. The predicted octanol–water partition coefficient (Wildman–Crippen LogP) is 5.56. The lowest BCUT2D eigenvalue weighted by atomic mass is 9.98. The van der Waals surface area contributed by atoms with Crippen molar-refractivity contribution in [1.82, 2.24) is 14.5 Å². The van der Waals surface area contributed by atoms with Crippen LogP contribution in [-0.2, 0) is 26.3 Å². The van der Waals surface area contributed by atoms with Crippen molar-refractivity contribution in [2.45, 2.75) is 31.5 Å². The third kappa shape index (κ3) is 5.19. The summed E-state index contributed by atoms with van der Waals surface area (Å²) in [6.07, 6.45) is -10.2. The van der Waals surface area contributed by atoms with Crippen LogP contribution >= 0.6 is 0 Å². The molecule has 2 N–H and O–H groups in total. The lowest BCUT2D eigenvalue weighted by Crippen LogP contribution is -2.32. The average molecular weight is 599 g/mol. The molecule has 1 aliphatic rings. The summed E-state index contributed by atoms with van der Waals surface area (Å²) in [4.78, 5) is 33.9. The summed E-state index contributed by atoms with van der Waals surface area (Å²) in [6.45, 7) is 0.0665. The fourth-order valence-electron chi connectivity index (χ4n) is 4.75. The summed E-state index contributed by atoms with van der Waals surface area (Å²) in [5, 5.41) is 10.3. The first-order valence-corrected chi connectivity index (χ1v) is 11.9. The Morgan fingerprint density at radius 1 is 1.00 bits per heavy atom. The number of pyridine rings is 1. The van der Waals surface area contributed by atoms with Crippen LogP contribution in [0.1, 0.15) is 38.7 Å². The summed E-state index contributed by atoms with van der Waals surface area (Å²) in [7, 11) is 1.18. The topological polar surface area (TPSA) is 100 Å². The van der Waals surface area contributed by atoms with Crippen molar-refractivity contribution in [3.05, 3.63) is 92.4 Å². The number of aromatic nitrogens is 3. The minimum absolute atomic E-state index is 0.00271. The van der Waals surface area contributed by atoms with E-state index in [0.717, 1.165) is 4.57 Å². The van der Waals surface area contributed by atoms with E-state index in [2.05, 4.69) is 9.97 Å². The van der Waals surface area contributed by atoms with Gasteiger partial charge in [0.2, 0.25) is 5.95 Å². The Balaban J connectivity index is 1.75. The molecule has 0 saturated carbocycles. The number of alkyl halides is 6. The highest BCUT2D eigenvalue weighted by molar-refractivity contribution is 5.93. The summed E-state index contributed by atoms with van der Waals surface area (Å²) >= 11 is 0. The van der Waals surface area contributed by atoms with Gasteiger partial charge in [0.15, 0.2) is 6.04 Å². The van der Waals surface area contributed by atoms with Crippen LogP contribution in [0.5, 0.6) is 0 Å². The number of rotatable bonds is 5. The molecule has 3 heterocycles. The van der Waals surface area contributed by atoms with Gasteiger partial charge in [-0.15, -0.1) is 0 Å². The van der Waals surface area contributed by atoms with E-state index in [0.29, 0.717) is 29.5 Å². The second kappa shape index (κ2) is 9.95. The maximum atomic E-state index is 14.5. The number of hydrogen-bond acceptors (Lipinski definition) is 6. The molecule has 1 aliphatic heterocycles. The van der Waals surface area contributed by atoms with Crippen molar-refractivity contribution in [2.24, 2.45) is 7.05 Å². The number of carboxylic acid groups (broad SMARTS) is 1. The molecular weight excluding hydrogens is 582 g/mol. The van der Waals surface area contributed by atoms with E-state index < -0.39 is 75.0 Å². The Hall–Kier alpha value is -4.76. The lowest BCUT2D eigenvalue weighted by Gasteiger charge is -2.26. The molecule has 0 bridgehead atoms. The number of nitrogens with zero attached hydrogens (tertiary/aromatic N) is 4. The number of halogens is 8. The zero-order valence-electron chi connectivity index (χ0n) is 21.1. The van der Waals surface area contributed by atoms with Gasteiger partial charge in [-0.1, -0.05) is 6.07 Å². The molecule has 0 unspecified atom stereocenters. The number of hydrogen-bond donors (Lipinski definition) is 2. The second-order valence-electron chi connectivity index (χ2n) is 9.48. The Labute approximate surface area is 229 Å². The van der Waals surface area contributed by atoms with Crippen molar-refractivity contribution in [3.63, 3.8) is 0 Å². The van der Waals surface area contributed by atoms with Gasteiger partial charge in [-0.2, -0.15) is 26.3 Å². The maximum absolute atomic E-state index is 14.5. The number of benzene rings is 2. The van der Waals surface area contributed by atoms with Crippen molar-refractivity contribution in [2.75, 3.05) is 10.2 Å². The first-order chi connectivity index (χ1) is 19.5. The van der Waals surface area contributed by atoms with Crippen LogP contribution in [0.25, 0.3) is 10.9 Å². The van der Waals surface area contributed by atoms with Crippen LogP contribution in [0.2, 0.25) is 0 Å². The highest BCUT2D eigenvalue weighted by atomic mass is 19.4. The molecule has 0 spiro atoms. The molecule has 0 saturated heterocycles. The van der Waals surface area contributed by atoms with Crippen molar-refractivity contribution >= 4 is 28.6 Å². The standard InChI is InChI=1S/C26H17F8N5O3/c1-38-22(40)17-6-13(25(29,30)31)5-16(19(17)36-24(38)39-9-11-2-3-14(27)4-12(11)10-39)20(26(32,33)34)37-21-18(23(41)42)7-15(28)8-35-21/h2-8,20H,9-10H2,1H3,(H,35,37)(H,41,42)/t20-/m0/s1. The molecule has 1 atom stereocenters. The molecule has 0 fully saturated rings. The summed E-state index contributed by atoms with van der Waals surface area (Å²) in [5.41, 5.74) is -4.48. The van der Waals surface area contributed by atoms with Gasteiger partial charge in [-0.05, 0) is 41.5 Å². The van der Waals surface area contributed by atoms with E-state index in [-0.39, 0.29) is 25.1 Å². The van der Waals surface area contributed by atoms with E-state index in [9.17, 15) is 49.8 Å². The van der Waals surface area contributed by atoms with E-state index in [1.807, 2.05) is 0 Å². The predicted molar refractivity (Wildman–Crippen MR) is 132 cm³/mol. The van der Waals surface area contributed by atoms with Crippen LogP contribution in [0, 0.1) is 11.6 Å². The minimum atomic E-state index is -5.40. The summed E-state index contributed by atoms with van der Waals surface area (Å²) in [5.74, 6) is -4.80. The Kier molecular flexibility index (Phi) is 6.82. The van der Waals surface area contributed by atoms with E-state index in [1.54, 1.807) is 5.32 Å². The molecule has 8 nitrogen and oxygen atoms in total. The van der Waals surface area contributed by atoms with Crippen LogP contribution < -0.4 is 15.8 Å². The van der Waals surface area contributed by atoms with Crippen LogP contribution in [0.3, 0.4) is 0 Å². The van der Waals surface area contributed by atoms with Gasteiger partial charge in [0.1, 0.15) is 23.0 Å². The quantitative estimate of drug-likeness (QED) is 0.290. The van der Waals surface area contributed by atoms with Crippen LogP contribution in [0.4, 0.5) is 46.9 Å². The Morgan fingerprint density at radius 2 is 1.69 bits per heavy atom. The number of aromatic carboxylic acids is 1. The molecule has 16 heteroatoms. The molecule has 0 amide bonds. The third-order valence-electron chi connectivity index (χ3n) is 6.69. The normalized spacial score (nSPS) is 14.3. The van der Waals surface area contributed by atoms with Gasteiger partial charge in [0.05, 0.1) is 22.7 Å². The summed E-state index contributed by atoms with van der Waals surface area (Å²) < 4.78 is 113. The van der Waals surface area contributed by atoms with Crippen molar-refractivity contribution in [1.29, 1.82) is 0 Å². The van der Waals surface area contributed by atoms with E-state index in [4.69, 9.17) is 0 Å². The fourth-order valence-corrected chi connectivity index (χ4v) is 4.75. The molecule has 220 valence electrons. The van der Waals surface area contributed by atoms with E-state index in [1.165, 1.54) is 30.1 Å². The molecule has 4 aromatic rings. The van der Waals surface area contributed by atoms with Crippen molar-refractivity contribution in [3.8, 4) is 0 Å². The first-order valence-electron chi connectivity index (χ1n) is 11.9. The molecular formula is C26H17F8N5O3. The largest absolute Gasteiger partial charge is 0.478 e. The number of fused-ring (bicyclic) bond motifs is 2. The summed E-state index contributed by atoms with van der Waals surface area (Å²) in [6, 6.07) is 1.74. The average Bonchev–Trinajstić information content (AvgIpc) is 3.31. The number of carboxylic acids is 1. The minimum Gasteiger partial charge on any atom is -0.478 e. The van der Waals surface area contributed by atoms with Gasteiger partial charge in [-0.3, -0.25) is 9.36 Å². The van der Waals surface area contributed by atoms with Gasteiger partial charge in [0.25, 0.3) is 5.56 Å². The zero-order valence-corrected chi connectivity index (χ0v) is 21.1. The highest BCUT2D eigenvalue weighted by Crippen LogP contribution is 2.42. The van der Waals surface area contributed by atoms with Gasteiger partial charge in [0, 0.05) is 25.7 Å². The first kappa shape index (κ1) is 28.8. The molecule has 2 aromatic carbocycles. The molecule has 2 aromatic heterocycles. The van der Waals surface area contributed by atoms with Gasteiger partial charge >= 0.3 is 18.3 Å². The number of nitrogens with one attached hydrogen (secondary N) is 1. The van der Waals surface area contributed by atoms with Crippen LogP contribution in [-0.4, -0.2) is 31.8 Å². The van der Waals surface area contributed by atoms with Gasteiger partial charge in [-0.25, -0.2) is 23.5 Å². The Bertz CT molecular complexity index is 1800. The molecule has 0 aliphatic carbocycles. The zero-order chi connectivity index (χ0) is 30.7. The fraction of sp³-hybridized carbons (Fsp3) is 0.231. The highest BCUT2D eigenvalue weighted by Gasteiger charge is 2.45. The van der Waals surface area contributed by atoms with Crippen LogP contribution in [0.15, 0.2) is 47.4 Å². The second-order valence-corrected chi connectivity index (χ2v) is 9.48. The van der Waals surface area contributed by atoms with E-state index >= 15 is 0 Å². The molecule has 5 rings (SSSR count). The Morgan fingerprint density at radius 3 is 2.33 bits per heavy atom. The SMILES string of the molecule is Cn1c(N2Cc3ccc(F)cc3C2)nc2c([C@H](Nc3ncc(F)cc3C(=O)O)C(F)(F)F)cc(C(F)(F)F)cc2c1=O. The number of anilines is 2. The lowest BCUT2D eigenvalue weighted by molar-refractivity contribution is -0.145. The van der Waals surface area contributed by atoms with Crippen molar-refractivity contribution < 1.29 is 45.0 Å². The monoisotopic (exact) mass is 599 g/mol. The maximum Gasteiger partial charge on any atom is 0.416 e. The smallest absolute Gasteiger partial charge is 0.416 e. The number of carbonyl (C=O) groups is 1. The molecule has 0 radical (unpaired) electrons.